The molecule has 0 unspecified atom stereocenters. The number of hydrogen-bond donors (Lipinski definition) is 2. The molecule has 8 heteroatoms. The first-order chi connectivity index (χ1) is 13.3. The van der Waals surface area contributed by atoms with E-state index in [1.54, 1.807) is 33.3 Å². The molecule has 1 amide bonds. The quantitative estimate of drug-likeness (QED) is 0.668. The lowest BCUT2D eigenvalue weighted by atomic mass is 10.1. The molecule has 7 nitrogen and oxygen atoms in total. The van der Waals surface area contributed by atoms with Crippen LogP contribution in [-0.2, 0) is 16.6 Å². The van der Waals surface area contributed by atoms with Gasteiger partial charge in [0, 0.05) is 18.2 Å². The van der Waals surface area contributed by atoms with Crippen molar-refractivity contribution in [2.24, 2.45) is 0 Å². The van der Waals surface area contributed by atoms with Crippen LogP contribution in [0.5, 0.6) is 11.5 Å². The molecular formula is C20H26N2O5S. The number of carbonyl (C=O) groups excluding carboxylic acids is 1. The molecule has 0 aliphatic rings. The average molecular weight is 407 g/mol. The molecule has 0 aliphatic carbocycles. The van der Waals surface area contributed by atoms with Gasteiger partial charge in [-0.25, -0.2) is 13.1 Å². The van der Waals surface area contributed by atoms with Crippen molar-refractivity contribution in [3.05, 3.63) is 53.6 Å². The minimum atomic E-state index is -3.59. The van der Waals surface area contributed by atoms with Gasteiger partial charge in [-0.15, -0.1) is 0 Å². The highest BCUT2D eigenvalue weighted by molar-refractivity contribution is 7.89. The van der Waals surface area contributed by atoms with Crippen LogP contribution < -0.4 is 19.5 Å². The van der Waals surface area contributed by atoms with E-state index in [0.29, 0.717) is 30.0 Å². The van der Waals surface area contributed by atoms with E-state index in [-0.39, 0.29) is 16.8 Å². The zero-order valence-corrected chi connectivity index (χ0v) is 17.3. The predicted octanol–water partition coefficient (Wildman–Crippen LogP) is 2.71. The van der Waals surface area contributed by atoms with Gasteiger partial charge >= 0.3 is 0 Å². The van der Waals surface area contributed by atoms with E-state index in [1.807, 2.05) is 13.0 Å². The van der Waals surface area contributed by atoms with Gasteiger partial charge in [0.05, 0.1) is 19.1 Å². The van der Waals surface area contributed by atoms with Gasteiger partial charge in [0.15, 0.2) is 11.5 Å². The molecular weight excluding hydrogens is 380 g/mol. The third-order valence-electron chi connectivity index (χ3n) is 4.30. The van der Waals surface area contributed by atoms with Crippen LogP contribution in [-0.4, -0.2) is 34.6 Å². The molecule has 0 aromatic heterocycles. The lowest BCUT2D eigenvalue weighted by Crippen LogP contribution is -2.32. The summed E-state index contributed by atoms with van der Waals surface area (Å²) >= 11 is 0. The Labute approximate surface area is 166 Å². The van der Waals surface area contributed by atoms with Crippen LogP contribution in [0.3, 0.4) is 0 Å². The molecule has 0 saturated heterocycles. The van der Waals surface area contributed by atoms with Crippen LogP contribution in [0.1, 0.15) is 36.2 Å². The Kier molecular flexibility index (Phi) is 7.42. The number of nitrogens with one attached hydrogen (secondary N) is 2. The van der Waals surface area contributed by atoms with Crippen molar-refractivity contribution in [2.75, 3.05) is 14.2 Å². The number of methoxy groups -OCH3 is 2. The van der Waals surface area contributed by atoms with Gasteiger partial charge in [0.1, 0.15) is 0 Å². The number of sulfonamides is 1. The first-order valence-electron chi connectivity index (χ1n) is 8.92. The van der Waals surface area contributed by atoms with Gasteiger partial charge < -0.3 is 14.8 Å². The van der Waals surface area contributed by atoms with E-state index < -0.39 is 10.0 Å². The van der Waals surface area contributed by atoms with E-state index >= 15 is 0 Å². The van der Waals surface area contributed by atoms with Crippen molar-refractivity contribution >= 4 is 15.9 Å². The minimum Gasteiger partial charge on any atom is -0.493 e. The third-order valence-corrected chi connectivity index (χ3v) is 5.90. The number of ether oxygens (including phenoxy) is 2. The maximum atomic E-state index is 12.3. The van der Waals surface area contributed by atoms with E-state index in [4.69, 9.17) is 9.47 Å². The van der Waals surface area contributed by atoms with Crippen LogP contribution in [0.2, 0.25) is 0 Å². The maximum absolute atomic E-state index is 12.3. The fourth-order valence-corrected chi connectivity index (χ4v) is 3.80. The minimum absolute atomic E-state index is 0.129. The summed E-state index contributed by atoms with van der Waals surface area (Å²) in [6.07, 6.45) is 0.690. The Morgan fingerprint density at radius 3 is 2.25 bits per heavy atom. The van der Waals surface area contributed by atoms with Gasteiger partial charge in [-0.3, -0.25) is 4.79 Å². The summed E-state index contributed by atoms with van der Waals surface area (Å²) in [5.74, 6) is 0.895. The summed E-state index contributed by atoms with van der Waals surface area (Å²) in [5, 5.41) is 2.80. The smallest absolute Gasteiger partial charge is 0.251 e. The van der Waals surface area contributed by atoms with Crippen molar-refractivity contribution < 1.29 is 22.7 Å². The predicted molar refractivity (Wildman–Crippen MR) is 107 cm³/mol. The van der Waals surface area contributed by atoms with Gasteiger partial charge in [-0.1, -0.05) is 13.0 Å². The summed E-state index contributed by atoms with van der Waals surface area (Å²) in [4.78, 5) is 12.5. The number of benzene rings is 2. The summed E-state index contributed by atoms with van der Waals surface area (Å²) in [6, 6.07) is 11.1. The zero-order chi connectivity index (χ0) is 20.7. The van der Waals surface area contributed by atoms with Crippen molar-refractivity contribution in [1.82, 2.24) is 10.0 Å². The highest BCUT2D eigenvalue weighted by Gasteiger charge is 2.17. The molecule has 2 aromatic carbocycles. The monoisotopic (exact) mass is 406 g/mol. The first kappa shape index (κ1) is 21.7. The number of hydrogen-bond acceptors (Lipinski definition) is 5. The molecule has 2 aromatic rings. The van der Waals surface area contributed by atoms with Crippen LogP contribution in [0.25, 0.3) is 0 Å². The largest absolute Gasteiger partial charge is 0.493 e. The molecule has 2 N–H and O–H groups in total. The average Bonchev–Trinajstić information content (AvgIpc) is 2.71. The second-order valence-electron chi connectivity index (χ2n) is 6.33. The molecule has 0 aliphatic heterocycles. The Hall–Kier alpha value is -2.58. The SMILES string of the molecule is CC[C@@H](C)NS(=O)(=O)c1ccc(C(=O)NCc2ccc(OC)c(OC)c2)cc1. The van der Waals surface area contributed by atoms with Crippen molar-refractivity contribution in [1.29, 1.82) is 0 Å². The summed E-state index contributed by atoms with van der Waals surface area (Å²) in [6.45, 7) is 4.00. The van der Waals surface area contributed by atoms with E-state index in [1.165, 1.54) is 24.3 Å². The van der Waals surface area contributed by atoms with Gasteiger partial charge in [-0.05, 0) is 55.3 Å². The van der Waals surface area contributed by atoms with Crippen molar-refractivity contribution in [3.63, 3.8) is 0 Å². The van der Waals surface area contributed by atoms with Crippen molar-refractivity contribution in [2.45, 2.75) is 37.8 Å². The summed E-state index contributed by atoms with van der Waals surface area (Å²) in [5.41, 5.74) is 1.23. The fraction of sp³-hybridized carbons (Fsp3) is 0.350. The zero-order valence-electron chi connectivity index (χ0n) is 16.5. The first-order valence-corrected chi connectivity index (χ1v) is 10.4. The van der Waals surface area contributed by atoms with E-state index in [2.05, 4.69) is 10.0 Å². The molecule has 0 radical (unpaired) electrons. The molecule has 0 fully saturated rings. The fourth-order valence-electron chi connectivity index (χ4n) is 2.48. The maximum Gasteiger partial charge on any atom is 0.251 e. The Bertz CT molecular complexity index is 911. The highest BCUT2D eigenvalue weighted by Crippen LogP contribution is 2.27. The van der Waals surface area contributed by atoms with Gasteiger partial charge in [0.2, 0.25) is 10.0 Å². The van der Waals surface area contributed by atoms with Crippen LogP contribution in [0.4, 0.5) is 0 Å². The molecule has 0 bridgehead atoms. The van der Waals surface area contributed by atoms with Crippen LogP contribution >= 0.6 is 0 Å². The molecule has 0 heterocycles. The molecule has 2 rings (SSSR count). The Balaban J connectivity index is 2.03. The summed E-state index contributed by atoms with van der Waals surface area (Å²) in [7, 11) is -0.486. The summed E-state index contributed by atoms with van der Waals surface area (Å²) < 4.78 is 37.6. The van der Waals surface area contributed by atoms with Gasteiger partial charge in [-0.2, -0.15) is 0 Å². The second kappa shape index (κ2) is 9.57. The topological polar surface area (TPSA) is 93.7 Å². The van der Waals surface area contributed by atoms with Gasteiger partial charge in [0.25, 0.3) is 5.91 Å². The second-order valence-corrected chi connectivity index (χ2v) is 8.04. The lowest BCUT2D eigenvalue weighted by molar-refractivity contribution is 0.0950. The number of amides is 1. The molecule has 1 atom stereocenters. The number of carbonyl (C=O) groups is 1. The number of rotatable bonds is 9. The van der Waals surface area contributed by atoms with Crippen molar-refractivity contribution in [3.8, 4) is 11.5 Å². The Morgan fingerprint density at radius 1 is 1.04 bits per heavy atom. The van der Waals surface area contributed by atoms with E-state index in [0.717, 1.165) is 5.56 Å². The van der Waals surface area contributed by atoms with Crippen LogP contribution in [0, 0.1) is 0 Å². The van der Waals surface area contributed by atoms with E-state index in [9.17, 15) is 13.2 Å². The van der Waals surface area contributed by atoms with Crippen LogP contribution in [0.15, 0.2) is 47.4 Å². The molecule has 0 saturated carbocycles. The normalized spacial score (nSPS) is 12.3. The molecule has 0 spiro atoms. The molecule has 152 valence electrons. The Morgan fingerprint density at radius 2 is 1.68 bits per heavy atom. The third kappa shape index (κ3) is 5.46. The highest BCUT2D eigenvalue weighted by atomic mass is 32.2. The molecule has 28 heavy (non-hydrogen) atoms. The standard InChI is InChI=1S/C20H26N2O5S/c1-5-14(2)22-28(24,25)17-9-7-16(8-10-17)20(23)21-13-15-6-11-18(26-3)19(12-15)27-4/h6-12,14,22H,5,13H2,1-4H3,(H,21,23)/t14-/m1/s1. The lowest BCUT2D eigenvalue weighted by Gasteiger charge is -2.12.